The number of para-hydroxylation sites is 3. The molecule has 2 heteroatoms. The second-order valence-electron chi connectivity index (χ2n) is 11.1. The second kappa shape index (κ2) is 11.1. The van der Waals surface area contributed by atoms with Gasteiger partial charge in [0.1, 0.15) is 0 Å². The van der Waals surface area contributed by atoms with E-state index in [1.807, 2.05) is 0 Å². The van der Waals surface area contributed by atoms with Crippen LogP contribution in [0.2, 0.25) is 0 Å². The van der Waals surface area contributed by atoms with Crippen LogP contribution in [-0.2, 0) is 0 Å². The Morgan fingerprint density at radius 3 is 1.59 bits per heavy atom. The fourth-order valence-corrected chi connectivity index (χ4v) is 6.29. The van der Waals surface area contributed by atoms with Gasteiger partial charge in [-0.1, -0.05) is 121 Å². The summed E-state index contributed by atoms with van der Waals surface area (Å²) in [6.07, 6.45) is 0. The molecule has 0 saturated carbocycles. The quantitative estimate of drug-likeness (QED) is 0.196. The van der Waals surface area contributed by atoms with E-state index in [1.165, 1.54) is 44.1 Å². The van der Waals surface area contributed by atoms with Crippen LogP contribution in [0.3, 0.4) is 0 Å². The molecule has 7 aromatic carbocycles. The van der Waals surface area contributed by atoms with E-state index >= 15 is 0 Å². The molecule has 0 atom stereocenters. The normalized spacial score (nSPS) is 11.2. The average Bonchev–Trinajstić information content (AvgIpc) is 3.44. The van der Waals surface area contributed by atoms with Crippen molar-refractivity contribution in [3.05, 3.63) is 182 Å². The van der Waals surface area contributed by atoms with Gasteiger partial charge in [0.25, 0.3) is 0 Å². The number of fused-ring (bicyclic) bond motifs is 3. The monoisotopic (exact) mass is 562 g/mol. The zero-order chi connectivity index (χ0) is 29.3. The highest BCUT2D eigenvalue weighted by Crippen LogP contribution is 2.40. The van der Waals surface area contributed by atoms with Gasteiger partial charge in [0.05, 0.1) is 11.0 Å². The molecule has 0 N–H and O–H groups in total. The summed E-state index contributed by atoms with van der Waals surface area (Å²) in [6.45, 7) is 0. The van der Waals surface area contributed by atoms with Gasteiger partial charge in [-0.2, -0.15) is 0 Å². The minimum Gasteiger partial charge on any atom is -0.310 e. The number of nitrogens with zero attached hydrogens (tertiary/aromatic N) is 2. The molecule has 0 fully saturated rings. The van der Waals surface area contributed by atoms with Crippen molar-refractivity contribution >= 4 is 38.9 Å². The van der Waals surface area contributed by atoms with Crippen LogP contribution in [0.4, 0.5) is 17.1 Å². The molecule has 0 aliphatic rings. The minimum absolute atomic E-state index is 1.12. The maximum atomic E-state index is 2.36. The topological polar surface area (TPSA) is 8.17 Å². The van der Waals surface area contributed by atoms with E-state index in [0.29, 0.717) is 0 Å². The number of anilines is 3. The first kappa shape index (κ1) is 25.8. The van der Waals surface area contributed by atoms with Gasteiger partial charge in [0.2, 0.25) is 0 Å². The molecule has 0 aliphatic carbocycles. The largest absolute Gasteiger partial charge is 0.310 e. The van der Waals surface area contributed by atoms with Gasteiger partial charge in [0, 0.05) is 33.5 Å². The lowest BCUT2D eigenvalue weighted by Gasteiger charge is -2.26. The Kier molecular flexibility index (Phi) is 6.51. The molecule has 0 saturated heterocycles. The lowest BCUT2D eigenvalue weighted by atomic mass is 10.00. The molecule has 8 rings (SSSR count). The fraction of sp³-hybridized carbons (Fsp3) is 0. The molecule has 0 bridgehead atoms. The van der Waals surface area contributed by atoms with E-state index in [-0.39, 0.29) is 0 Å². The Morgan fingerprint density at radius 2 is 0.841 bits per heavy atom. The van der Waals surface area contributed by atoms with Crippen molar-refractivity contribution in [2.24, 2.45) is 0 Å². The number of rotatable bonds is 6. The van der Waals surface area contributed by atoms with Gasteiger partial charge >= 0.3 is 0 Å². The lowest BCUT2D eigenvalue weighted by molar-refractivity contribution is 1.18. The van der Waals surface area contributed by atoms with E-state index in [2.05, 4.69) is 191 Å². The third-order valence-corrected chi connectivity index (χ3v) is 8.37. The summed E-state index contributed by atoms with van der Waals surface area (Å²) >= 11 is 0. The Balaban J connectivity index is 1.25. The van der Waals surface area contributed by atoms with Crippen LogP contribution in [0.15, 0.2) is 182 Å². The summed E-state index contributed by atoms with van der Waals surface area (Å²) in [7, 11) is 0. The first-order chi connectivity index (χ1) is 21.8. The van der Waals surface area contributed by atoms with Crippen molar-refractivity contribution in [1.82, 2.24) is 4.57 Å². The highest BCUT2D eigenvalue weighted by Gasteiger charge is 2.17. The third kappa shape index (κ3) is 4.63. The van der Waals surface area contributed by atoms with Gasteiger partial charge in [-0.3, -0.25) is 0 Å². The van der Waals surface area contributed by atoms with Crippen molar-refractivity contribution < 1.29 is 0 Å². The van der Waals surface area contributed by atoms with Crippen LogP contribution < -0.4 is 4.90 Å². The van der Waals surface area contributed by atoms with Crippen LogP contribution in [0.5, 0.6) is 0 Å². The molecule has 1 heterocycles. The molecule has 0 radical (unpaired) electrons. The number of benzene rings is 7. The highest BCUT2D eigenvalue weighted by molar-refractivity contribution is 6.10. The highest BCUT2D eigenvalue weighted by atomic mass is 15.1. The lowest BCUT2D eigenvalue weighted by Crippen LogP contribution is -2.09. The fourth-order valence-electron chi connectivity index (χ4n) is 6.29. The average molecular weight is 563 g/mol. The van der Waals surface area contributed by atoms with E-state index < -0.39 is 0 Å². The third-order valence-electron chi connectivity index (χ3n) is 8.37. The number of aromatic nitrogens is 1. The summed E-state index contributed by atoms with van der Waals surface area (Å²) in [4.78, 5) is 2.36. The SMILES string of the molecule is c1ccc(-c2ccc(-c3cccc(N(c4ccccc4)c4ccc5c(c4)c4ccccc4n5-c4ccccc4)c3)cc2)cc1. The predicted octanol–water partition coefficient (Wildman–Crippen LogP) is 11.6. The zero-order valence-electron chi connectivity index (χ0n) is 24.2. The van der Waals surface area contributed by atoms with E-state index in [1.54, 1.807) is 0 Å². The summed E-state index contributed by atoms with van der Waals surface area (Å²) in [6, 6.07) is 65.0. The number of hydrogen-bond acceptors (Lipinski definition) is 1. The Bertz CT molecular complexity index is 2200. The Hall–Kier alpha value is -5.86. The summed E-state index contributed by atoms with van der Waals surface area (Å²) in [5, 5.41) is 2.48. The van der Waals surface area contributed by atoms with Crippen molar-refractivity contribution in [1.29, 1.82) is 0 Å². The molecule has 2 nitrogen and oxygen atoms in total. The Labute approximate surface area is 257 Å². The van der Waals surface area contributed by atoms with Crippen molar-refractivity contribution in [2.45, 2.75) is 0 Å². The van der Waals surface area contributed by atoms with Crippen molar-refractivity contribution in [3.63, 3.8) is 0 Å². The number of hydrogen-bond donors (Lipinski definition) is 0. The standard InChI is InChI=1S/C42H30N2/c1-4-13-31(14-5-1)32-23-25-33(26-24-32)34-15-12-20-37(29-34)43(35-16-6-2-7-17-35)38-27-28-42-40(30-38)39-21-10-11-22-41(39)44(42)36-18-8-3-9-19-36/h1-30H. The van der Waals surface area contributed by atoms with Crippen molar-refractivity contribution in [2.75, 3.05) is 4.90 Å². The van der Waals surface area contributed by atoms with Crippen LogP contribution >= 0.6 is 0 Å². The first-order valence-electron chi connectivity index (χ1n) is 15.0. The molecule has 44 heavy (non-hydrogen) atoms. The maximum absolute atomic E-state index is 2.36. The van der Waals surface area contributed by atoms with Gasteiger partial charge in [0.15, 0.2) is 0 Å². The predicted molar refractivity (Wildman–Crippen MR) is 186 cm³/mol. The van der Waals surface area contributed by atoms with E-state index in [4.69, 9.17) is 0 Å². The molecule has 0 amide bonds. The van der Waals surface area contributed by atoms with Gasteiger partial charge in [-0.05, 0) is 82.9 Å². The molecule has 0 unspecified atom stereocenters. The van der Waals surface area contributed by atoms with Gasteiger partial charge < -0.3 is 9.47 Å². The van der Waals surface area contributed by atoms with E-state index in [9.17, 15) is 0 Å². The van der Waals surface area contributed by atoms with Crippen LogP contribution in [0.25, 0.3) is 49.7 Å². The molecular formula is C42H30N2. The summed E-state index contributed by atoms with van der Waals surface area (Å²) in [5.41, 5.74) is 11.8. The van der Waals surface area contributed by atoms with Crippen LogP contribution in [-0.4, -0.2) is 4.57 Å². The summed E-state index contributed by atoms with van der Waals surface area (Å²) < 4.78 is 2.36. The van der Waals surface area contributed by atoms with Crippen molar-refractivity contribution in [3.8, 4) is 27.9 Å². The van der Waals surface area contributed by atoms with Gasteiger partial charge in [-0.15, -0.1) is 0 Å². The smallest absolute Gasteiger partial charge is 0.0542 e. The zero-order valence-corrected chi connectivity index (χ0v) is 24.2. The molecule has 0 aliphatic heterocycles. The molecule has 1 aromatic heterocycles. The first-order valence-corrected chi connectivity index (χ1v) is 15.0. The molecule has 0 spiro atoms. The second-order valence-corrected chi connectivity index (χ2v) is 11.1. The Morgan fingerprint density at radius 1 is 0.318 bits per heavy atom. The minimum atomic E-state index is 1.12. The van der Waals surface area contributed by atoms with Crippen LogP contribution in [0, 0.1) is 0 Å². The summed E-state index contributed by atoms with van der Waals surface area (Å²) in [5.74, 6) is 0. The molecule has 208 valence electrons. The molecular weight excluding hydrogens is 532 g/mol. The van der Waals surface area contributed by atoms with E-state index in [0.717, 1.165) is 22.7 Å². The maximum Gasteiger partial charge on any atom is 0.0542 e. The molecule has 8 aromatic rings. The van der Waals surface area contributed by atoms with Gasteiger partial charge in [-0.25, -0.2) is 0 Å². The van der Waals surface area contributed by atoms with Crippen LogP contribution in [0.1, 0.15) is 0 Å².